The zero-order valence-electron chi connectivity index (χ0n) is 25.6. The van der Waals surface area contributed by atoms with Crippen LogP contribution in [0, 0.1) is 11.6 Å². The summed E-state index contributed by atoms with van der Waals surface area (Å²) in [6, 6.07) is 9.54. The van der Waals surface area contributed by atoms with E-state index in [4.69, 9.17) is 9.47 Å². The average molecular weight is 628 g/mol. The zero-order chi connectivity index (χ0) is 32.6. The highest BCUT2D eigenvalue weighted by atomic mass is 19.1. The minimum Gasteiger partial charge on any atom is -0.444 e. The van der Waals surface area contributed by atoms with Gasteiger partial charge in [-0.3, -0.25) is 15.1 Å². The van der Waals surface area contributed by atoms with E-state index in [-0.39, 0.29) is 36.6 Å². The van der Waals surface area contributed by atoms with E-state index in [1.165, 1.54) is 24.4 Å². The fourth-order valence-corrected chi connectivity index (χ4v) is 5.25. The molecule has 5 aromatic rings. The van der Waals surface area contributed by atoms with Crippen LogP contribution in [0.2, 0.25) is 0 Å². The number of hydrogen-bond acceptors (Lipinski definition) is 8. The van der Waals surface area contributed by atoms with Gasteiger partial charge < -0.3 is 19.4 Å². The van der Waals surface area contributed by atoms with Crippen molar-refractivity contribution in [2.75, 3.05) is 5.32 Å². The lowest BCUT2D eigenvalue weighted by atomic mass is 10.1. The van der Waals surface area contributed by atoms with Gasteiger partial charge in [0.2, 0.25) is 0 Å². The molecule has 0 radical (unpaired) electrons. The van der Waals surface area contributed by atoms with Gasteiger partial charge >= 0.3 is 6.09 Å². The number of pyridine rings is 2. The van der Waals surface area contributed by atoms with Gasteiger partial charge in [-0.25, -0.2) is 28.5 Å². The molecule has 0 saturated carbocycles. The fourth-order valence-electron chi connectivity index (χ4n) is 5.25. The first kappa shape index (κ1) is 30.7. The van der Waals surface area contributed by atoms with Crippen LogP contribution in [0.15, 0.2) is 61.1 Å². The molecular formula is C33H31F2N7O4. The third-order valence-electron chi connectivity index (χ3n) is 7.42. The van der Waals surface area contributed by atoms with Crippen molar-refractivity contribution in [2.45, 2.75) is 59.1 Å². The summed E-state index contributed by atoms with van der Waals surface area (Å²) < 4.78 is 39.8. The molecule has 5 heterocycles. The summed E-state index contributed by atoms with van der Waals surface area (Å²) in [5, 5.41) is 2.71. The van der Waals surface area contributed by atoms with Crippen molar-refractivity contribution < 1.29 is 27.8 Å². The molecule has 236 valence electrons. The predicted molar refractivity (Wildman–Crippen MR) is 164 cm³/mol. The van der Waals surface area contributed by atoms with Crippen molar-refractivity contribution in [3.8, 4) is 11.1 Å². The van der Waals surface area contributed by atoms with Crippen molar-refractivity contribution >= 4 is 28.9 Å². The number of aromatic amines is 1. The van der Waals surface area contributed by atoms with Gasteiger partial charge in [-0.05, 0) is 58.0 Å². The van der Waals surface area contributed by atoms with Crippen LogP contribution in [-0.4, -0.2) is 47.4 Å². The summed E-state index contributed by atoms with van der Waals surface area (Å²) >= 11 is 0. The van der Waals surface area contributed by atoms with E-state index in [1.807, 2.05) is 0 Å². The Morgan fingerprint density at radius 1 is 1.04 bits per heavy atom. The third kappa shape index (κ3) is 6.26. The van der Waals surface area contributed by atoms with E-state index < -0.39 is 35.3 Å². The minimum atomic E-state index is -0.701. The number of amides is 2. The summed E-state index contributed by atoms with van der Waals surface area (Å²) in [5.41, 5.74) is 2.64. The number of fused-ring (bicyclic) bond motifs is 3. The van der Waals surface area contributed by atoms with Crippen molar-refractivity contribution in [1.82, 2.24) is 29.8 Å². The Kier molecular flexibility index (Phi) is 8.17. The normalized spacial score (nSPS) is 13.3. The molecule has 6 rings (SSSR count). The molecule has 0 saturated heterocycles. The summed E-state index contributed by atoms with van der Waals surface area (Å²) in [7, 11) is 0. The molecule has 0 bridgehead atoms. The van der Waals surface area contributed by atoms with Crippen LogP contribution in [0.4, 0.5) is 19.4 Å². The number of benzene rings is 1. The van der Waals surface area contributed by atoms with Gasteiger partial charge in [0.1, 0.15) is 34.6 Å². The number of H-pyrrole nitrogens is 1. The zero-order valence-corrected chi connectivity index (χ0v) is 25.6. The highest BCUT2D eigenvalue weighted by molar-refractivity contribution is 5.99. The van der Waals surface area contributed by atoms with Gasteiger partial charge in [0.15, 0.2) is 0 Å². The molecule has 1 unspecified atom stereocenters. The number of halogens is 2. The molecule has 2 amide bonds. The molecule has 46 heavy (non-hydrogen) atoms. The molecule has 4 aromatic heterocycles. The van der Waals surface area contributed by atoms with Crippen LogP contribution in [0.1, 0.15) is 66.9 Å². The Balaban J connectivity index is 1.33. The first-order valence-electron chi connectivity index (χ1n) is 14.6. The number of carbonyl (C=O) groups excluding carboxylic acids is 2. The summed E-state index contributed by atoms with van der Waals surface area (Å²) in [6.07, 6.45) is 3.90. The molecule has 2 N–H and O–H groups in total. The van der Waals surface area contributed by atoms with Gasteiger partial charge in [0.25, 0.3) is 5.91 Å². The lowest BCUT2D eigenvalue weighted by Gasteiger charge is -2.27. The molecule has 13 heteroatoms. The highest BCUT2D eigenvalue weighted by Crippen LogP contribution is 2.34. The fraction of sp³-hybridized carbons (Fsp3) is 0.273. The molecule has 1 atom stereocenters. The maximum Gasteiger partial charge on any atom is 0.413 e. The Morgan fingerprint density at radius 2 is 1.76 bits per heavy atom. The van der Waals surface area contributed by atoms with Crippen LogP contribution in [0.3, 0.4) is 0 Å². The first-order chi connectivity index (χ1) is 22.0. The maximum absolute atomic E-state index is 14.4. The molecule has 1 aliphatic rings. The number of nitrogens with zero attached hydrogens (tertiary/aromatic N) is 5. The highest BCUT2D eigenvalue weighted by Gasteiger charge is 2.29. The standard InChI is InChI=1S/C33H31F2N7O4/c1-18(29-36-11-6-12-37-29)42(15-20-10-9-19(14-38-20)27-23(34)7-5-8-24(27)35)31(43)26-13-25-28(39-26)21-16-45-17-22(21)30(40-25)41-32(44)46-33(2,3)4/h5-14,18,39H,15-17H2,1-4H3,(H,40,41,44). The van der Waals surface area contributed by atoms with E-state index in [9.17, 15) is 18.4 Å². The van der Waals surface area contributed by atoms with Gasteiger partial charge in [0, 0.05) is 35.3 Å². The van der Waals surface area contributed by atoms with Crippen LogP contribution in [-0.2, 0) is 29.2 Å². The third-order valence-corrected chi connectivity index (χ3v) is 7.42. The van der Waals surface area contributed by atoms with E-state index in [0.717, 1.165) is 5.56 Å². The van der Waals surface area contributed by atoms with E-state index in [1.54, 1.807) is 69.3 Å². The second-order valence-electron chi connectivity index (χ2n) is 11.8. The largest absolute Gasteiger partial charge is 0.444 e. The lowest BCUT2D eigenvalue weighted by Crippen LogP contribution is -2.34. The van der Waals surface area contributed by atoms with Crippen molar-refractivity contribution in [3.63, 3.8) is 0 Å². The second-order valence-corrected chi connectivity index (χ2v) is 11.8. The predicted octanol–water partition coefficient (Wildman–Crippen LogP) is 6.47. The Labute approximate surface area is 263 Å². The first-order valence-corrected chi connectivity index (χ1v) is 14.6. The van der Waals surface area contributed by atoms with Gasteiger partial charge in [-0.15, -0.1) is 0 Å². The Bertz CT molecular complexity index is 1900. The average Bonchev–Trinajstić information content (AvgIpc) is 3.67. The number of aromatic nitrogens is 5. The van der Waals surface area contributed by atoms with Crippen molar-refractivity contribution in [3.05, 3.63) is 101 Å². The summed E-state index contributed by atoms with van der Waals surface area (Å²) in [6.45, 7) is 7.63. The quantitative estimate of drug-likeness (QED) is 0.210. The van der Waals surface area contributed by atoms with Crippen LogP contribution in [0.5, 0.6) is 0 Å². The molecule has 1 aromatic carbocycles. The number of nitrogens with one attached hydrogen (secondary N) is 2. The van der Waals surface area contributed by atoms with Gasteiger partial charge in [-0.2, -0.15) is 0 Å². The van der Waals surface area contributed by atoms with Crippen LogP contribution < -0.4 is 5.32 Å². The van der Waals surface area contributed by atoms with E-state index in [2.05, 4.69) is 30.2 Å². The van der Waals surface area contributed by atoms with Crippen molar-refractivity contribution in [2.24, 2.45) is 0 Å². The SMILES string of the molecule is CC(c1ncccn1)N(Cc1ccc(-c2c(F)cccc2F)cn1)C(=O)c1cc2nc(NC(=O)OC(C)(C)C)c3c(c2[nH]1)COC3. The van der Waals surface area contributed by atoms with E-state index >= 15 is 0 Å². The Hall–Kier alpha value is -5.30. The van der Waals surface area contributed by atoms with Gasteiger partial charge in [-0.1, -0.05) is 12.1 Å². The molecule has 0 fully saturated rings. The molecule has 1 aliphatic heterocycles. The smallest absolute Gasteiger partial charge is 0.413 e. The lowest BCUT2D eigenvalue weighted by molar-refractivity contribution is 0.0632. The van der Waals surface area contributed by atoms with Gasteiger partial charge in [0.05, 0.1) is 48.1 Å². The molecule has 0 aliphatic carbocycles. The number of carbonyl (C=O) groups is 2. The van der Waals surface area contributed by atoms with E-state index in [0.29, 0.717) is 33.9 Å². The number of ether oxygens (including phenoxy) is 2. The summed E-state index contributed by atoms with van der Waals surface area (Å²) in [5.74, 6) is -1.08. The van der Waals surface area contributed by atoms with Crippen LogP contribution in [0.25, 0.3) is 22.2 Å². The topological polar surface area (TPSA) is 135 Å². The van der Waals surface area contributed by atoms with Crippen molar-refractivity contribution in [1.29, 1.82) is 0 Å². The maximum atomic E-state index is 14.4. The number of anilines is 1. The molecule has 11 nitrogen and oxygen atoms in total. The molecular weight excluding hydrogens is 596 g/mol. The Morgan fingerprint density at radius 3 is 2.43 bits per heavy atom. The minimum absolute atomic E-state index is 0.0355. The number of rotatable bonds is 7. The monoisotopic (exact) mass is 627 g/mol. The summed E-state index contributed by atoms with van der Waals surface area (Å²) in [4.78, 5) is 49.2. The molecule has 0 spiro atoms. The second kappa shape index (κ2) is 12.2. The number of hydrogen-bond donors (Lipinski definition) is 2. The van der Waals surface area contributed by atoms with Crippen LogP contribution >= 0.6 is 0 Å².